The Labute approximate surface area is 185 Å². The summed E-state index contributed by atoms with van der Waals surface area (Å²) in [5.41, 5.74) is 1.29. The van der Waals surface area contributed by atoms with Crippen LogP contribution < -0.4 is 14.8 Å². The van der Waals surface area contributed by atoms with Crippen molar-refractivity contribution in [1.29, 1.82) is 0 Å². The molecule has 31 heavy (non-hydrogen) atoms. The Morgan fingerprint density at radius 2 is 1.81 bits per heavy atom. The van der Waals surface area contributed by atoms with Gasteiger partial charge in [0.2, 0.25) is 5.91 Å². The van der Waals surface area contributed by atoms with Crippen LogP contribution in [-0.2, 0) is 11.3 Å². The Morgan fingerprint density at radius 1 is 1.10 bits per heavy atom. The number of halogens is 2. The molecule has 2 aromatic rings. The Kier molecular flexibility index (Phi) is 6.61. The third-order valence-corrected chi connectivity index (χ3v) is 5.85. The highest BCUT2D eigenvalue weighted by molar-refractivity contribution is 6.32. The SMILES string of the molecule is O=C(NCc1cc(Cl)c2c(c1)OCCCO2)C1CCN(C(=O)c2ccc(F)cc2)CC1. The molecule has 2 amide bonds. The normalized spacial score (nSPS) is 16.5. The van der Waals surface area contributed by atoms with Crippen molar-refractivity contribution in [2.45, 2.75) is 25.8 Å². The van der Waals surface area contributed by atoms with Crippen molar-refractivity contribution in [2.75, 3.05) is 26.3 Å². The van der Waals surface area contributed by atoms with Crippen LogP contribution in [0.2, 0.25) is 5.02 Å². The number of piperidine rings is 1. The molecule has 4 rings (SSSR count). The molecule has 0 radical (unpaired) electrons. The number of hydrogen-bond donors (Lipinski definition) is 1. The van der Waals surface area contributed by atoms with Gasteiger partial charge in [0.1, 0.15) is 5.82 Å². The van der Waals surface area contributed by atoms with E-state index in [1.165, 1.54) is 24.3 Å². The van der Waals surface area contributed by atoms with Crippen LogP contribution in [-0.4, -0.2) is 43.0 Å². The predicted molar refractivity (Wildman–Crippen MR) is 114 cm³/mol. The summed E-state index contributed by atoms with van der Waals surface area (Å²) in [5, 5.41) is 3.43. The Balaban J connectivity index is 1.29. The lowest BCUT2D eigenvalue weighted by molar-refractivity contribution is -0.126. The molecule has 1 fully saturated rings. The molecule has 0 unspecified atom stereocenters. The van der Waals surface area contributed by atoms with Gasteiger partial charge in [0.25, 0.3) is 5.91 Å². The summed E-state index contributed by atoms with van der Waals surface area (Å²) in [6.07, 6.45) is 1.96. The first-order valence-electron chi connectivity index (χ1n) is 10.4. The molecule has 0 aromatic heterocycles. The molecule has 0 atom stereocenters. The molecular formula is C23H24ClFN2O4. The Hall–Kier alpha value is -2.80. The molecule has 2 aliphatic heterocycles. The molecule has 0 aliphatic carbocycles. The molecular weight excluding hydrogens is 423 g/mol. The van der Waals surface area contributed by atoms with Gasteiger partial charge < -0.3 is 19.7 Å². The van der Waals surface area contributed by atoms with Crippen LogP contribution in [0.1, 0.15) is 35.2 Å². The van der Waals surface area contributed by atoms with Gasteiger partial charge >= 0.3 is 0 Å². The van der Waals surface area contributed by atoms with Crippen molar-refractivity contribution in [3.05, 3.63) is 58.4 Å². The summed E-state index contributed by atoms with van der Waals surface area (Å²) < 4.78 is 24.4. The molecule has 1 N–H and O–H groups in total. The largest absolute Gasteiger partial charge is 0.489 e. The van der Waals surface area contributed by atoms with E-state index in [2.05, 4.69) is 5.32 Å². The van der Waals surface area contributed by atoms with Crippen LogP contribution in [0.15, 0.2) is 36.4 Å². The van der Waals surface area contributed by atoms with Gasteiger partial charge in [-0.2, -0.15) is 0 Å². The summed E-state index contributed by atoms with van der Waals surface area (Å²) in [4.78, 5) is 26.9. The number of likely N-dealkylation sites (tertiary alicyclic amines) is 1. The average molecular weight is 447 g/mol. The number of hydrogen-bond acceptors (Lipinski definition) is 4. The molecule has 6 nitrogen and oxygen atoms in total. The first-order chi connectivity index (χ1) is 15.0. The topological polar surface area (TPSA) is 67.9 Å². The minimum absolute atomic E-state index is 0.0443. The van der Waals surface area contributed by atoms with E-state index in [0.29, 0.717) is 67.8 Å². The molecule has 1 saturated heterocycles. The van der Waals surface area contributed by atoms with Crippen LogP contribution in [0.5, 0.6) is 11.5 Å². The highest BCUT2D eigenvalue weighted by Crippen LogP contribution is 2.38. The van der Waals surface area contributed by atoms with Crippen LogP contribution in [0.3, 0.4) is 0 Å². The summed E-state index contributed by atoms with van der Waals surface area (Å²) in [6, 6.07) is 9.14. The molecule has 8 heteroatoms. The zero-order valence-corrected chi connectivity index (χ0v) is 17.8. The van der Waals surface area contributed by atoms with Crippen molar-refractivity contribution in [3.63, 3.8) is 0 Å². The van der Waals surface area contributed by atoms with E-state index in [9.17, 15) is 14.0 Å². The van der Waals surface area contributed by atoms with Crippen molar-refractivity contribution >= 4 is 23.4 Å². The van der Waals surface area contributed by atoms with E-state index >= 15 is 0 Å². The van der Waals surface area contributed by atoms with Crippen LogP contribution >= 0.6 is 11.6 Å². The predicted octanol–water partition coefficient (Wildman–Crippen LogP) is 3.81. The second kappa shape index (κ2) is 9.56. The third kappa shape index (κ3) is 5.10. The van der Waals surface area contributed by atoms with Gasteiger partial charge in [0, 0.05) is 37.5 Å². The Bertz CT molecular complexity index is 959. The number of carbonyl (C=O) groups is 2. The number of amides is 2. The summed E-state index contributed by atoms with van der Waals surface area (Å²) in [6.45, 7) is 2.44. The summed E-state index contributed by atoms with van der Waals surface area (Å²) >= 11 is 6.31. The van der Waals surface area contributed by atoms with E-state index in [1.807, 2.05) is 6.07 Å². The van der Waals surface area contributed by atoms with E-state index < -0.39 is 0 Å². The highest BCUT2D eigenvalue weighted by atomic mass is 35.5. The number of fused-ring (bicyclic) bond motifs is 1. The number of carbonyl (C=O) groups excluding carboxylic acids is 2. The zero-order chi connectivity index (χ0) is 21.8. The summed E-state index contributed by atoms with van der Waals surface area (Å²) in [7, 11) is 0. The fraction of sp³-hybridized carbons (Fsp3) is 0.391. The molecule has 164 valence electrons. The van der Waals surface area contributed by atoms with Gasteiger partial charge in [-0.25, -0.2) is 4.39 Å². The lowest BCUT2D eigenvalue weighted by Crippen LogP contribution is -2.42. The monoisotopic (exact) mass is 446 g/mol. The van der Waals surface area contributed by atoms with Crippen molar-refractivity contribution in [2.24, 2.45) is 5.92 Å². The fourth-order valence-electron chi connectivity index (χ4n) is 3.84. The number of rotatable bonds is 4. The van der Waals surface area contributed by atoms with Crippen LogP contribution in [0.25, 0.3) is 0 Å². The van der Waals surface area contributed by atoms with Crippen molar-refractivity contribution in [1.82, 2.24) is 10.2 Å². The molecule has 0 spiro atoms. The number of nitrogens with zero attached hydrogens (tertiary/aromatic N) is 1. The third-order valence-electron chi connectivity index (χ3n) is 5.57. The van der Waals surface area contributed by atoms with Gasteiger partial charge in [-0.05, 0) is 54.8 Å². The van der Waals surface area contributed by atoms with Crippen molar-refractivity contribution in [3.8, 4) is 11.5 Å². The lowest BCUT2D eigenvalue weighted by atomic mass is 9.95. The average Bonchev–Trinajstić information content (AvgIpc) is 3.03. The van der Waals surface area contributed by atoms with Crippen molar-refractivity contribution < 1.29 is 23.5 Å². The highest BCUT2D eigenvalue weighted by Gasteiger charge is 2.28. The minimum atomic E-state index is -0.373. The number of benzene rings is 2. The van der Waals surface area contributed by atoms with E-state index in [-0.39, 0.29) is 23.5 Å². The molecule has 2 aromatic carbocycles. The standard InChI is InChI=1S/C23H24ClFN2O4/c24-19-12-15(13-20-21(19)31-11-1-10-30-20)14-26-22(28)16-6-8-27(9-7-16)23(29)17-2-4-18(25)5-3-17/h2-5,12-13,16H,1,6-11,14H2,(H,26,28). The maximum absolute atomic E-state index is 13.1. The minimum Gasteiger partial charge on any atom is -0.489 e. The quantitative estimate of drug-likeness (QED) is 0.775. The van der Waals surface area contributed by atoms with Crippen LogP contribution in [0, 0.1) is 11.7 Å². The lowest BCUT2D eigenvalue weighted by Gasteiger charge is -2.31. The van der Waals surface area contributed by atoms with Gasteiger partial charge in [-0.15, -0.1) is 0 Å². The van der Waals surface area contributed by atoms with Gasteiger partial charge in [-0.3, -0.25) is 9.59 Å². The number of ether oxygens (including phenoxy) is 2. The number of nitrogens with one attached hydrogen (secondary N) is 1. The van der Waals surface area contributed by atoms with E-state index in [0.717, 1.165) is 12.0 Å². The molecule has 0 bridgehead atoms. The maximum atomic E-state index is 13.1. The fourth-order valence-corrected chi connectivity index (χ4v) is 4.13. The van der Waals surface area contributed by atoms with Gasteiger partial charge in [0.15, 0.2) is 11.5 Å². The molecule has 2 aliphatic rings. The second-order valence-corrected chi connectivity index (χ2v) is 8.15. The molecule has 2 heterocycles. The molecule has 0 saturated carbocycles. The first kappa shape index (κ1) is 21.4. The second-order valence-electron chi connectivity index (χ2n) is 7.75. The smallest absolute Gasteiger partial charge is 0.253 e. The summed E-state index contributed by atoms with van der Waals surface area (Å²) in [5.74, 6) is 0.432. The van der Waals surface area contributed by atoms with E-state index in [4.69, 9.17) is 21.1 Å². The maximum Gasteiger partial charge on any atom is 0.253 e. The van der Waals surface area contributed by atoms with Gasteiger partial charge in [0.05, 0.1) is 18.2 Å². The van der Waals surface area contributed by atoms with E-state index in [1.54, 1.807) is 11.0 Å². The Morgan fingerprint density at radius 3 is 2.55 bits per heavy atom. The first-order valence-corrected chi connectivity index (χ1v) is 10.8. The zero-order valence-electron chi connectivity index (χ0n) is 17.0. The van der Waals surface area contributed by atoms with Crippen LogP contribution in [0.4, 0.5) is 4.39 Å². The van der Waals surface area contributed by atoms with Gasteiger partial charge in [-0.1, -0.05) is 11.6 Å².